The molecule has 0 N–H and O–H groups in total. The van der Waals surface area contributed by atoms with Crippen molar-refractivity contribution in [3.8, 4) is 0 Å². The maximum Gasteiger partial charge on any atom is 0.227 e. The van der Waals surface area contributed by atoms with Crippen LogP contribution >= 0.6 is 0 Å². The Morgan fingerprint density at radius 3 is 2.59 bits per heavy atom. The molecule has 0 radical (unpaired) electrons. The Morgan fingerprint density at radius 2 is 2.00 bits per heavy atom. The molecular weight excluding hydrogens is 282 g/mol. The van der Waals surface area contributed by atoms with Gasteiger partial charge in [0.25, 0.3) is 0 Å². The average Bonchev–Trinajstić information content (AvgIpc) is 2.88. The molecule has 0 bridgehead atoms. The number of aryl methyl sites for hydroxylation is 2. The molecule has 0 aromatic carbocycles. The summed E-state index contributed by atoms with van der Waals surface area (Å²) in [5, 5.41) is 3.90. The lowest BCUT2D eigenvalue weighted by atomic mass is 10.1. The van der Waals surface area contributed by atoms with Crippen LogP contribution in [0.2, 0.25) is 0 Å². The molecule has 1 aliphatic heterocycles. The van der Waals surface area contributed by atoms with E-state index in [1.54, 1.807) is 18.6 Å². The fourth-order valence-corrected chi connectivity index (χ4v) is 2.66. The van der Waals surface area contributed by atoms with E-state index in [-0.39, 0.29) is 5.91 Å². The number of amides is 1. The first-order chi connectivity index (χ1) is 10.6. The van der Waals surface area contributed by atoms with E-state index >= 15 is 0 Å². The van der Waals surface area contributed by atoms with Crippen LogP contribution in [0.5, 0.6) is 0 Å². The number of aromatic nitrogens is 3. The number of carbonyl (C=O) groups is 1. The van der Waals surface area contributed by atoms with Crippen molar-refractivity contribution in [2.24, 2.45) is 0 Å². The summed E-state index contributed by atoms with van der Waals surface area (Å²) in [7, 11) is 0. The van der Waals surface area contributed by atoms with Gasteiger partial charge in [-0.15, -0.1) is 0 Å². The smallest absolute Gasteiger partial charge is 0.227 e. The van der Waals surface area contributed by atoms with Gasteiger partial charge in [0.05, 0.1) is 18.3 Å². The van der Waals surface area contributed by atoms with Crippen molar-refractivity contribution in [2.75, 3.05) is 31.1 Å². The van der Waals surface area contributed by atoms with Gasteiger partial charge < -0.3 is 14.3 Å². The number of rotatable bonds is 3. The normalized spacial score (nSPS) is 15.2. The second-order valence-corrected chi connectivity index (χ2v) is 5.41. The van der Waals surface area contributed by atoms with Crippen LogP contribution in [-0.2, 0) is 11.2 Å². The van der Waals surface area contributed by atoms with Crippen molar-refractivity contribution >= 4 is 11.7 Å². The van der Waals surface area contributed by atoms with E-state index in [0.717, 1.165) is 35.9 Å². The first-order valence-electron chi connectivity index (χ1n) is 7.35. The van der Waals surface area contributed by atoms with Gasteiger partial charge in [0.15, 0.2) is 0 Å². The molecule has 0 spiro atoms. The maximum absolute atomic E-state index is 12.4. The molecule has 2 aromatic heterocycles. The fraction of sp³-hybridized carbons (Fsp3) is 0.467. The van der Waals surface area contributed by atoms with Crippen LogP contribution in [0.1, 0.15) is 17.0 Å². The van der Waals surface area contributed by atoms with E-state index in [2.05, 4.69) is 20.0 Å². The lowest BCUT2D eigenvalue weighted by Crippen LogP contribution is -2.49. The highest BCUT2D eigenvalue weighted by molar-refractivity contribution is 5.79. The molecule has 3 rings (SSSR count). The van der Waals surface area contributed by atoms with Gasteiger partial charge in [0.2, 0.25) is 5.91 Å². The van der Waals surface area contributed by atoms with E-state index in [0.29, 0.717) is 19.5 Å². The summed E-state index contributed by atoms with van der Waals surface area (Å²) in [5.41, 5.74) is 1.70. The molecule has 22 heavy (non-hydrogen) atoms. The van der Waals surface area contributed by atoms with Gasteiger partial charge in [0.1, 0.15) is 11.6 Å². The van der Waals surface area contributed by atoms with Crippen LogP contribution in [0.3, 0.4) is 0 Å². The summed E-state index contributed by atoms with van der Waals surface area (Å²) >= 11 is 0. The van der Waals surface area contributed by atoms with Crippen LogP contribution in [0, 0.1) is 13.8 Å². The first kappa shape index (κ1) is 14.5. The van der Waals surface area contributed by atoms with Crippen LogP contribution in [-0.4, -0.2) is 52.1 Å². The number of anilines is 1. The molecule has 0 saturated carbocycles. The molecule has 1 amide bonds. The number of piperazine rings is 1. The van der Waals surface area contributed by atoms with Gasteiger partial charge in [0, 0.05) is 44.1 Å². The fourth-order valence-electron chi connectivity index (χ4n) is 2.66. The number of carbonyl (C=O) groups excluding carboxylic acids is 1. The molecule has 0 aliphatic carbocycles. The van der Waals surface area contributed by atoms with Gasteiger partial charge in [-0.1, -0.05) is 5.16 Å². The van der Waals surface area contributed by atoms with Crippen molar-refractivity contribution in [1.29, 1.82) is 0 Å². The predicted octanol–water partition coefficient (Wildman–Crippen LogP) is 0.973. The second kappa shape index (κ2) is 6.13. The van der Waals surface area contributed by atoms with Gasteiger partial charge in [-0.3, -0.25) is 9.78 Å². The third-order valence-electron chi connectivity index (χ3n) is 4.02. The SMILES string of the molecule is Cc1noc(C)c1CC(=O)N1CCN(c2cnccn2)CC1. The summed E-state index contributed by atoms with van der Waals surface area (Å²) in [6.45, 7) is 6.63. The highest BCUT2D eigenvalue weighted by Gasteiger charge is 2.23. The molecule has 3 heterocycles. The Labute approximate surface area is 128 Å². The van der Waals surface area contributed by atoms with Crippen molar-refractivity contribution in [2.45, 2.75) is 20.3 Å². The zero-order valence-electron chi connectivity index (χ0n) is 12.8. The Morgan fingerprint density at radius 1 is 1.23 bits per heavy atom. The number of nitrogens with zero attached hydrogens (tertiary/aromatic N) is 5. The third kappa shape index (κ3) is 2.93. The van der Waals surface area contributed by atoms with E-state index in [4.69, 9.17) is 4.52 Å². The largest absolute Gasteiger partial charge is 0.361 e. The van der Waals surface area contributed by atoms with E-state index in [9.17, 15) is 4.79 Å². The van der Waals surface area contributed by atoms with Crippen molar-refractivity contribution < 1.29 is 9.32 Å². The highest BCUT2D eigenvalue weighted by atomic mass is 16.5. The minimum Gasteiger partial charge on any atom is -0.361 e. The molecule has 1 fully saturated rings. The number of hydrogen-bond donors (Lipinski definition) is 0. The summed E-state index contributed by atoms with van der Waals surface area (Å²) in [5.74, 6) is 1.71. The van der Waals surface area contributed by atoms with Crippen molar-refractivity contribution in [1.82, 2.24) is 20.0 Å². The second-order valence-electron chi connectivity index (χ2n) is 5.41. The van der Waals surface area contributed by atoms with Crippen LogP contribution in [0.15, 0.2) is 23.1 Å². The Balaban J connectivity index is 1.58. The lowest BCUT2D eigenvalue weighted by molar-refractivity contribution is -0.130. The van der Waals surface area contributed by atoms with E-state index in [1.165, 1.54) is 0 Å². The lowest BCUT2D eigenvalue weighted by Gasteiger charge is -2.35. The van der Waals surface area contributed by atoms with Crippen LogP contribution in [0.25, 0.3) is 0 Å². The average molecular weight is 301 g/mol. The molecule has 116 valence electrons. The molecule has 1 aliphatic rings. The van der Waals surface area contributed by atoms with Crippen molar-refractivity contribution in [3.05, 3.63) is 35.6 Å². The Hall–Kier alpha value is -2.44. The van der Waals surface area contributed by atoms with Gasteiger partial charge in [-0.05, 0) is 13.8 Å². The Bertz CT molecular complexity index is 628. The van der Waals surface area contributed by atoms with Gasteiger partial charge in [-0.2, -0.15) is 0 Å². The minimum atomic E-state index is 0.119. The molecule has 7 nitrogen and oxygen atoms in total. The summed E-state index contributed by atoms with van der Waals surface area (Å²) in [6.07, 6.45) is 5.45. The number of hydrogen-bond acceptors (Lipinski definition) is 6. The summed E-state index contributed by atoms with van der Waals surface area (Å²) in [4.78, 5) is 24.8. The quantitative estimate of drug-likeness (QED) is 0.841. The molecule has 1 saturated heterocycles. The zero-order chi connectivity index (χ0) is 15.5. The molecule has 7 heteroatoms. The van der Waals surface area contributed by atoms with Gasteiger partial charge >= 0.3 is 0 Å². The monoisotopic (exact) mass is 301 g/mol. The van der Waals surface area contributed by atoms with Crippen LogP contribution < -0.4 is 4.90 Å². The summed E-state index contributed by atoms with van der Waals surface area (Å²) in [6, 6.07) is 0. The highest BCUT2D eigenvalue weighted by Crippen LogP contribution is 2.16. The van der Waals surface area contributed by atoms with Crippen molar-refractivity contribution in [3.63, 3.8) is 0 Å². The summed E-state index contributed by atoms with van der Waals surface area (Å²) < 4.78 is 5.11. The topological polar surface area (TPSA) is 75.4 Å². The Kier molecular flexibility index (Phi) is 4.04. The third-order valence-corrected chi connectivity index (χ3v) is 4.02. The maximum atomic E-state index is 12.4. The van der Waals surface area contributed by atoms with Gasteiger partial charge in [-0.25, -0.2) is 4.98 Å². The van der Waals surface area contributed by atoms with E-state index < -0.39 is 0 Å². The molecular formula is C15H19N5O2. The molecule has 0 unspecified atom stereocenters. The minimum absolute atomic E-state index is 0.119. The zero-order valence-corrected chi connectivity index (χ0v) is 12.8. The van der Waals surface area contributed by atoms with E-state index in [1.807, 2.05) is 18.7 Å². The predicted molar refractivity (Wildman–Crippen MR) is 80.5 cm³/mol. The molecule has 0 atom stereocenters. The first-order valence-corrected chi connectivity index (χ1v) is 7.35. The van der Waals surface area contributed by atoms with Crippen LogP contribution in [0.4, 0.5) is 5.82 Å². The molecule has 2 aromatic rings. The standard InChI is InChI=1S/C15H19N5O2/c1-11-13(12(2)22-18-11)9-15(21)20-7-5-19(6-8-20)14-10-16-3-4-17-14/h3-4,10H,5-9H2,1-2H3.